The fraction of sp³-hybridized carbons (Fsp3) is 0.125. The zero-order chi connectivity index (χ0) is 14.7. The van der Waals surface area contributed by atoms with Crippen molar-refractivity contribution < 1.29 is 4.74 Å². The Hall–Kier alpha value is -2.49. The Balaban J connectivity index is 2.41. The van der Waals surface area contributed by atoms with E-state index in [2.05, 4.69) is 6.07 Å². The molecule has 0 fully saturated rings. The summed E-state index contributed by atoms with van der Waals surface area (Å²) in [6, 6.07) is 12.5. The summed E-state index contributed by atoms with van der Waals surface area (Å²) in [5, 5.41) is 18.1. The summed E-state index contributed by atoms with van der Waals surface area (Å²) in [5.74, 6) is 1.16. The van der Waals surface area contributed by atoms with Crippen LogP contribution in [0.5, 0.6) is 11.5 Å². The van der Waals surface area contributed by atoms with Crippen molar-refractivity contribution in [3.63, 3.8) is 0 Å². The van der Waals surface area contributed by atoms with E-state index in [4.69, 9.17) is 26.9 Å². The van der Waals surface area contributed by atoms with Crippen LogP contribution in [0.3, 0.4) is 0 Å². The van der Waals surface area contributed by atoms with E-state index < -0.39 is 0 Å². The lowest BCUT2D eigenvalue weighted by Crippen LogP contribution is -1.93. The van der Waals surface area contributed by atoms with Crippen LogP contribution in [0.15, 0.2) is 30.3 Å². The molecule has 0 atom stereocenters. The zero-order valence-corrected chi connectivity index (χ0v) is 11.8. The highest BCUT2D eigenvalue weighted by atomic mass is 35.5. The smallest absolute Gasteiger partial charge is 0.146 e. The number of hydrogen-bond acceptors (Lipinski definition) is 3. The van der Waals surface area contributed by atoms with Gasteiger partial charge in [0.15, 0.2) is 0 Å². The number of nitrogens with zero attached hydrogens (tertiary/aromatic N) is 2. The van der Waals surface area contributed by atoms with Crippen LogP contribution in [0, 0.1) is 36.5 Å². The molecule has 0 saturated carbocycles. The second-order valence-electron chi connectivity index (χ2n) is 4.41. The van der Waals surface area contributed by atoms with Crippen molar-refractivity contribution in [2.75, 3.05) is 0 Å². The number of rotatable bonds is 2. The topological polar surface area (TPSA) is 56.8 Å². The molecule has 2 rings (SSSR count). The van der Waals surface area contributed by atoms with Crippen LogP contribution in [-0.2, 0) is 0 Å². The molecule has 0 aromatic heterocycles. The van der Waals surface area contributed by atoms with Crippen LogP contribution in [0.2, 0.25) is 5.02 Å². The van der Waals surface area contributed by atoms with Crippen molar-refractivity contribution in [3.8, 4) is 23.6 Å². The quantitative estimate of drug-likeness (QED) is 0.815. The monoisotopic (exact) mass is 282 g/mol. The highest BCUT2D eigenvalue weighted by Crippen LogP contribution is 2.34. The summed E-state index contributed by atoms with van der Waals surface area (Å²) in [6.45, 7) is 3.75. The number of nitriles is 2. The second-order valence-corrected chi connectivity index (χ2v) is 4.82. The van der Waals surface area contributed by atoms with Crippen molar-refractivity contribution in [1.82, 2.24) is 0 Å². The number of halogens is 1. The molecule has 4 heteroatoms. The number of hydrogen-bond donors (Lipinski definition) is 0. The van der Waals surface area contributed by atoms with Crippen LogP contribution >= 0.6 is 11.6 Å². The third-order valence-electron chi connectivity index (χ3n) is 2.86. The molecule has 2 aromatic rings. The Kier molecular flexibility index (Phi) is 3.94. The van der Waals surface area contributed by atoms with Crippen LogP contribution in [0.25, 0.3) is 0 Å². The zero-order valence-electron chi connectivity index (χ0n) is 11.1. The van der Waals surface area contributed by atoms with Gasteiger partial charge in [-0.2, -0.15) is 10.5 Å². The molecule has 0 bridgehead atoms. The summed E-state index contributed by atoms with van der Waals surface area (Å²) >= 11 is 6.09. The maximum absolute atomic E-state index is 8.93. The summed E-state index contributed by atoms with van der Waals surface area (Å²) < 4.78 is 5.82. The minimum absolute atomic E-state index is 0.382. The molecule has 0 saturated heterocycles. The van der Waals surface area contributed by atoms with E-state index in [0.29, 0.717) is 27.6 Å². The van der Waals surface area contributed by atoms with Gasteiger partial charge in [0.1, 0.15) is 11.5 Å². The minimum Gasteiger partial charge on any atom is -0.455 e. The lowest BCUT2D eigenvalue weighted by molar-refractivity contribution is 0.475. The summed E-state index contributed by atoms with van der Waals surface area (Å²) in [4.78, 5) is 0. The van der Waals surface area contributed by atoms with Crippen LogP contribution in [-0.4, -0.2) is 0 Å². The van der Waals surface area contributed by atoms with E-state index in [1.807, 2.05) is 19.9 Å². The van der Waals surface area contributed by atoms with Crippen molar-refractivity contribution in [1.29, 1.82) is 10.5 Å². The average molecular weight is 283 g/mol. The Morgan fingerprint density at radius 1 is 0.950 bits per heavy atom. The Morgan fingerprint density at radius 3 is 2.05 bits per heavy atom. The van der Waals surface area contributed by atoms with Crippen LogP contribution in [0.4, 0.5) is 0 Å². The molecule has 0 heterocycles. The van der Waals surface area contributed by atoms with Gasteiger partial charge in [0, 0.05) is 0 Å². The van der Waals surface area contributed by atoms with E-state index in [9.17, 15) is 0 Å². The molecule has 0 aliphatic carbocycles. The van der Waals surface area contributed by atoms with Gasteiger partial charge in [-0.15, -0.1) is 0 Å². The molecular weight excluding hydrogens is 272 g/mol. The molecule has 98 valence electrons. The van der Waals surface area contributed by atoms with E-state index >= 15 is 0 Å². The molecule has 0 spiro atoms. The first-order valence-electron chi connectivity index (χ1n) is 5.94. The maximum atomic E-state index is 8.93. The van der Waals surface area contributed by atoms with Gasteiger partial charge in [0.2, 0.25) is 0 Å². The lowest BCUT2D eigenvalue weighted by atomic mass is 10.1. The highest BCUT2D eigenvalue weighted by molar-refractivity contribution is 6.32. The predicted molar refractivity (Wildman–Crippen MR) is 76.9 cm³/mol. The Morgan fingerprint density at radius 2 is 1.55 bits per heavy atom. The third kappa shape index (κ3) is 2.74. The number of aryl methyl sites for hydroxylation is 2. The van der Waals surface area contributed by atoms with Crippen LogP contribution in [0.1, 0.15) is 22.3 Å². The molecule has 20 heavy (non-hydrogen) atoms. The molecule has 0 N–H and O–H groups in total. The fourth-order valence-electron chi connectivity index (χ4n) is 1.94. The molecule has 2 aromatic carbocycles. The van der Waals surface area contributed by atoms with Gasteiger partial charge in [-0.05, 0) is 55.3 Å². The number of ether oxygens (including phenoxy) is 1. The van der Waals surface area contributed by atoms with Gasteiger partial charge in [-0.3, -0.25) is 0 Å². The van der Waals surface area contributed by atoms with Crippen molar-refractivity contribution >= 4 is 11.6 Å². The largest absolute Gasteiger partial charge is 0.455 e. The van der Waals surface area contributed by atoms with Crippen molar-refractivity contribution in [2.45, 2.75) is 13.8 Å². The normalized spacial score (nSPS) is 9.65. The van der Waals surface area contributed by atoms with Crippen LogP contribution < -0.4 is 4.74 Å². The Labute approximate surface area is 122 Å². The first-order chi connectivity index (χ1) is 9.55. The van der Waals surface area contributed by atoms with Gasteiger partial charge in [-0.1, -0.05) is 11.6 Å². The first kappa shape index (κ1) is 13.9. The van der Waals surface area contributed by atoms with Crippen molar-refractivity contribution in [2.24, 2.45) is 0 Å². The standard InChI is InChI=1S/C16H11ClN2O/c1-10-5-13(9-19)6-11(2)16(10)20-15-4-3-12(8-18)7-14(15)17/h3-7H,1-2H3. The molecule has 0 amide bonds. The minimum atomic E-state index is 0.382. The van der Waals surface area contributed by atoms with Gasteiger partial charge >= 0.3 is 0 Å². The molecule has 0 unspecified atom stereocenters. The molecule has 3 nitrogen and oxygen atoms in total. The molecule has 0 aliphatic rings. The predicted octanol–water partition coefficient (Wildman–Crippen LogP) is 4.49. The fourth-order valence-corrected chi connectivity index (χ4v) is 2.16. The van der Waals surface area contributed by atoms with Gasteiger partial charge in [-0.25, -0.2) is 0 Å². The lowest BCUT2D eigenvalue weighted by Gasteiger charge is -2.13. The van der Waals surface area contributed by atoms with Gasteiger partial charge in [0.05, 0.1) is 28.3 Å². The summed E-state index contributed by atoms with van der Waals surface area (Å²) in [6.07, 6.45) is 0. The second kappa shape index (κ2) is 5.65. The molecule has 0 aliphatic heterocycles. The highest BCUT2D eigenvalue weighted by Gasteiger charge is 2.10. The van der Waals surface area contributed by atoms with Gasteiger partial charge < -0.3 is 4.74 Å². The van der Waals surface area contributed by atoms with E-state index in [-0.39, 0.29) is 0 Å². The van der Waals surface area contributed by atoms with Gasteiger partial charge in [0.25, 0.3) is 0 Å². The van der Waals surface area contributed by atoms with Crippen molar-refractivity contribution in [3.05, 3.63) is 57.6 Å². The molecule has 0 radical (unpaired) electrons. The maximum Gasteiger partial charge on any atom is 0.146 e. The third-order valence-corrected chi connectivity index (χ3v) is 3.16. The Bertz CT molecular complexity index is 731. The summed E-state index contributed by atoms with van der Waals surface area (Å²) in [5.41, 5.74) is 2.80. The number of benzene rings is 2. The SMILES string of the molecule is Cc1cc(C#N)cc(C)c1Oc1ccc(C#N)cc1Cl. The summed E-state index contributed by atoms with van der Waals surface area (Å²) in [7, 11) is 0. The van der Waals surface area contributed by atoms with E-state index in [1.165, 1.54) is 0 Å². The van der Waals surface area contributed by atoms with E-state index in [0.717, 1.165) is 11.1 Å². The molecular formula is C16H11ClN2O. The average Bonchev–Trinajstić information content (AvgIpc) is 2.43. The van der Waals surface area contributed by atoms with E-state index in [1.54, 1.807) is 30.3 Å². The first-order valence-corrected chi connectivity index (χ1v) is 6.32.